The van der Waals surface area contributed by atoms with Crippen molar-refractivity contribution in [2.45, 2.75) is 18.2 Å². The number of benzene rings is 2. The molecule has 0 atom stereocenters. The van der Waals surface area contributed by atoms with Crippen molar-refractivity contribution in [3.8, 4) is 5.75 Å². The summed E-state index contributed by atoms with van der Waals surface area (Å²) in [6, 6.07) is 14.9. The van der Waals surface area contributed by atoms with Crippen LogP contribution in [-0.2, 0) is 14.8 Å². The van der Waals surface area contributed by atoms with Crippen LogP contribution in [0.25, 0.3) is 0 Å². The molecule has 0 radical (unpaired) electrons. The summed E-state index contributed by atoms with van der Waals surface area (Å²) in [4.78, 5) is 19.6. The fourth-order valence-electron chi connectivity index (χ4n) is 4.58. The number of hydrogen-bond acceptors (Lipinski definition) is 6. The maximum absolute atomic E-state index is 13.0. The van der Waals surface area contributed by atoms with E-state index in [2.05, 4.69) is 9.80 Å². The number of sulfonamides is 1. The van der Waals surface area contributed by atoms with E-state index in [0.717, 1.165) is 30.1 Å². The minimum absolute atomic E-state index is 0.106. The van der Waals surface area contributed by atoms with E-state index in [1.807, 2.05) is 48.2 Å². The second-order valence-corrected chi connectivity index (χ2v) is 10.8. The first kappa shape index (κ1) is 24.5. The molecule has 2 aliphatic heterocycles. The summed E-state index contributed by atoms with van der Waals surface area (Å²) in [6.45, 7) is 7.25. The van der Waals surface area contributed by atoms with Crippen LogP contribution in [0, 0.1) is 6.92 Å². The molecule has 0 saturated carbocycles. The largest absolute Gasteiger partial charge is 0.495 e. The molecule has 4 rings (SSSR count). The molecule has 8 nitrogen and oxygen atoms in total. The number of carbonyl (C=O) groups is 1. The molecule has 0 aliphatic carbocycles. The monoisotopic (exact) mass is 486 g/mol. The molecule has 2 heterocycles. The lowest BCUT2D eigenvalue weighted by Gasteiger charge is -2.37. The maximum atomic E-state index is 13.0. The van der Waals surface area contributed by atoms with Gasteiger partial charge in [0, 0.05) is 45.8 Å². The van der Waals surface area contributed by atoms with E-state index in [-0.39, 0.29) is 5.91 Å². The Bertz CT molecular complexity index is 1080. The number of para-hydroxylation sites is 2. The third kappa shape index (κ3) is 5.54. The average Bonchev–Trinajstić information content (AvgIpc) is 3.10. The minimum Gasteiger partial charge on any atom is -0.495 e. The smallest absolute Gasteiger partial charge is 0.243 e. The SMILES string of the molecule is COc1ccccc1N1CCN(C(=O)CN2CCCN(S(=O)(=O)c3ccc(C)cc3)CC2)CC1. The zero-order valence-electron chi connectivity index (χ0n) is 20.0. The van der Waals surface area contributed by atoms with Crippen LogP contribution in [0.2, 0.25) is 0 Å². The van der Waals surface area contributed by atoms with Gasteiger partial charge in [-0.25, -0.2) is 8.42 Å². The maximum Gasteiger partial charge on any atom is 0.243 e. The molecule has 2 fully saturated rings. The summed E-state index contributed by atoms with van der Waals surface area (Å²) in [5.41, 5.74) is 2.09. The van der Waals surface area contributed by atoms with E-state index >= 15 is 0 Å². The number of hydrogen-bond donors (Lipinski definition) is 0. The van der Waals surface area contributed by atoms with Gasteiger partial charge in [-0.1, -0.05) is 29.8 Å². The Morgan fingerprint density at radius 3 is 2.29 bits per heavy atom. The average molecular weight is 487 g/mol. The molecular formula is C25H34N4O4S. The van der Waals surface area contributed by atoms with Crippen molar-refractivity contribution in [2.75, 3.05) is 70.9 Å². The summed E-state index contributed by atoms with van der Waals surface area (Å²) in [5, 5.41) is 0. The Labute approximate surface area is 202 Å². The van der Waals surface area contributed by atoms with Crippen molar-refractivity contribution < 1.29 is 17.9 Å². The third-order valence-electron chi connectivity index (χ3n) is 6.62. The van der Waals surface area contributed by atoms with Gasteiger partial charge in [0.25, 0.3) is 0 Å². The molecular weight excluding hydrogens is 452 g/mol. The van der Waals surface area contributed by atoms with Crippen LogP contribution in [0.1, 0.15) is 12.0 Å². The highest BCUT2D eigenvalue weighted by Gasteiger charge is 2.29. The van der Waals surface area contributed by atoms with Gasteiger partial charge in [-0.2, -0.15) is 4.31 Å². The molecule has 2 saturated heterocycles. The van der Waals surface area contributed by atoms with Crippen molar-refractivity contribution >= 4 is 21.6 Å². The van der Waals surface area contributed by atoms with Gasteiger partial charge >= 0.3 is 0 Å². The fourth-order valence-corrected chi connectivity index (χ4v) is 6.05. The summed E-state index contributed by atoms with van der Waals surface area (Å²) >= 11 is 0. The Balaban J connectivity index is 1.29. The molecule has 0 spiro atoms. The summed E-state index contributed by atoms with van der Waals surface area (Å²) in [6.07, 6.45) is 0.708. The molecule has 34 heavy (non-hydrogen) atoms. The first-order valence-corrected chi connectivity index (χ1v) is 13.3. The van der Waals surface area contributed by atoms with Gasteiger partial charge in [-0.05, 0) is 44.2 Å². The molecule has 1 amide bonds. The van der Waals surface area contributed by atoms with E-state index in [4.69, 9.17) is 4.74 Å². The number of aryl methyl sites for hydroxylation is 1. The van der Waals surface area contributed by atoms with E-state index in [9.17, 15) is 13.2 Å². The van der Waals surface area contributed by atoms with Crippen molar-refractivity contribution in [3.63, 3.8) is 0 Å². The number of methoxy groups -OCH3 is 1. The minimum atomic E-state index is -3.52. The number of nitrogens with zero attached hydrogens (tertiary/aromatic N) is 4. The van der Waals surface area contributed by atoms with Gasteiger partial charge in [0.1, 0.15) is 5.75 Å². The zero-order valence-corrected chi connectivity index (χ0v) is 20.8. The number of anilines is 1. The Kier molecular flexibility index (Phi) is 7.75. The summed E-state index contributed by atoms with van der Waals surface area (Å²) < 4.78 is 33.1. The highest BCUT2D eigenvalue weighted by atomic mass is 32.2. The highest BCUT2D eigenvalue weighted by Crippen LogP contribution is 2.28. The van der Waals surface area contributed by atoms with E-state index < -0.39 is 10.0 Å². The molecule has 9 heteroatoms. The van der Waals surface area contributed by atoms with Crippen LogP contribution in [0.5, 0.6) is 5.75 Å². The molecule has 0 aromatic heterocycles. The van der Waals surface area contributed by atoms with Crippen LogP contribution < -0.4 is 9.64 Å². The lowest BCUT2D eigenvalue weighted by Crippen LogP contribution is -2.51. The van der Waals surface area contributed by atoms with Crippen molar-refractivity contribution in [3.05, 3.63) is 54.1 Å². The lowest BCUT2D eigenvalue weighted by molar-refractivity contribution is -0.132. The van der Waals surface area contributed by atoms with Crippen LogP contribution in [-0.4, -0.2) is 94.4 Å². The summed E-state index contributed by atoms with van der Waals surface area (Å²) in [7, 11) is -1.84. The zero-order chi connectivity index (χ0) is 24.1. The van der Waals surface area contributed by atoms with E-state index in [1.54, 1.807) is 23.5 Å². The Morgan fingerprint density at radius 2 is 1.59 bits per heavy atom. The van der Waals surface area contributed by atoms with Crippen molar-refractivity contribution in [1.29, 1.82) is 0 Å². The number of piperazine rings is 1. The molecule has 0 N–H and O–H groups in total. The van der Waals surface area contributed by atoms with E-state index in [1.165, 1.54) is 0 Å². The fraction of sp³-hybridized carbons (Fsp3) is 0.480. The third-order valence-corrected chi connectivity index (χ3v) is 8.54. The first-order valence-electron chi connectivity index (χ1n) is 11.8. The highest BCUT2D eigenvalue weighted by molar-refractivity contribution is 7.89. The second kappa shape index (κ2) is 10.8. The van der Waals surface area contributed by atoms with Crippen LogP contribution >= 0.6 is 0 Å². The van der Waals surface area contributed by atoms with Gasteiger partial charge in [0.2, 0.25) is 15.9 Å². The van der Waals surface area contributed by atoms with Crippen LogP contribution in [0.4, 0.5) is 5.69 Å². The molecule has 0 unspecified atom stereocenters. The molecule has 2 aromatic carbocycles. The van der Waals surface area contributed by atoms with Crippen molar-refractivity contribution in [1.82, 2.24) is 14.1 Å². The van der Waals surface area contributed by atoms with Crippen LogP contribution in [0.15, 0.2) is 53.4 Å². The Hall–Kier alpha value is -2.62. The molecule has 2 aliphatic rings. The quantitative estimate of drug-likeness (QED) is 0.622. The molecule has 184 valence electrons. The molecule has 0 bridgehead atoms. The van der Waals surface area contributed by atoms with E-state index in [0.29, 0.717) is 57.1 Å². The number of ether oxygens (including phenoxy) is 1. The van der Waals surface area contributed by atoms with Gasteiger partial charge < -0.3 is 14.5 Å². The van der Waals surface area contributed by atoms with Crippen molar-refractivity contribution in [2.24, 2.45) is 0 Å². The Morgan fingerprint density at radius 1 is 0.882 bits per heavy atom. The standard InChI is InChI=1S/C25H34N4O4S/c1-21-8-10-22(11-9-21)34(31,32)29-13-5-12-26(14-19-29)20-25(30)28-17-15-27(16-18-28)23-6-3-4-7-24(23)33-2/h3-4,6-11H,5,12-20H2,1-2H3. The topological polar surface area (TPSA) is 73.4 Å². The second-order valence-electron chi connectivity index (χ2n) is 8.89. The normalized spacial score (nSPS) is 18.5. The van der Waals surface area contributed by atoms with Gasteiger partial charge in [-0.15, -0.1) is 0 Å². The van der Waals surface area contributed by atoms with Gasteiger partial charge in [0.15, 0.2) is 0 Å². The number of rotatable bonds is 6. The summed E-state index contributed by atoms with van der Waals surface area (Å²) in [5.74, 6) is 0.950. The molecule has 2 aromatic rings. The number of carbonyl (C=O) groups excluding carboxylic acids is 1. The first-order chi connectivity index (χ1) is 16.4. The van der Waals surface area contributed by atoms with Crippen LogP contribution in [0.3, 0.4) is 0 Å². The number of amides is 1. The predicted octanol–water partition coefficient (Wildman–Crippen LogP) is 2.05. The lowest BCUT2D eigenvalue weighted by atomic mass is 10.2. The predicted molar refractivity (Wildman–Crippen MR) is 133 cm³/mol. The van der Waals surface area contributed by atoms with Gasteiger partial charge in [0.05, 0.1) is 24.2 Å². The van der Waals surface area contributed by atoms with Gasteiger partial charge in [-0.3, -0.25) is 9.69 Å².